The van der Waals surface area contributed by atoms with Gasteiger partial charge in [0.1, 0.15) is 12.3 Å². The van der Waals surface area contributed by atoms with Crippen molar-refractivity contribution in [1.82, 2.24) is 20.1 Å². The van der Waals surface area contributed by atoms with Crippen LogP contribution in [0.4, 0.5) is 0 Å². The number of aromatic nitrogens is 3. The Labute approximate surface area is 156 Å². The van der Waals surface area contributed by atoms with Crippen molar-refractivity contribution in [2.24, 2.45) is 0 Å². The van der Waals surface area contributed by atoms with E-state index in [9.17, 15) is 4.79 Å². The molecule has 1 heterocycles. The summed E-state index contributed by atoms with van der Waals surface area (Å²) in [5, 5.41) is 9.92. The van der Waals surface area contributed by atoms with Crippen LogP contribution in [-0.2, 0) is 17.9 Å². The van der Waals surface area contributed by atoms with E-state index in [1.165, 1.54) is 0 Å². The van der Waals surface area contributed by atoms with Crippen LogP contribution in [0.5, 0.6) is 5.75 Å². The van der Waals surface area contributed by atoms with Gasteiger partial charge in [-0.2, -0.15) is 5.10 Å². The predicted octanol–water partition coefficient (Wildman–Crippen LogP) is 3.24. The summed E-state index contributed by atoms with van der Waals surface area (Å²) in [5.74, 6) is 1.23. The smallest absolute Gasteiger partial charge is 0.240 e. The van der Waals surface area contributed by atoms with Crippen molar-refractivity contribution >= 4 is 18.1 Å². The van der Waals surface area contributed by atoms with Crippen molar-refractivity contribution in [3.8, 4) is 17.1 Å². The first kappa shape index (κ1) is 17.9. The van der Waals surface area contributed by atoms with Gasteiger partial charge in [0.2, 0.25) is 5.91 Å². The van der Waals surface area contributed by atoms with Crippen LogP contribution in [0.25, 0.3) is 11.4 Å². The summed E-state index contributed by atoms with van der Waals surface area (Å²) in [6, 6.07) is 15.5. The molecule has 3 rings (SSSR count). The molecule has 0 bridgehead atoms. The Kier molecular flexibility index (Phi) is 5.48. The molecule has 0 saturated carbocycles. The minimum absolute atomic E-state index is 0.0910. The minimum Gasteiger partial charge on any atom is -0.496 e. The molecule has 6 nitrogen and oxygen atoms in total. The summed E-state index contributed by atoms with van der Waals surface area (Å²) in [4.78, 5) is 12.4. The number of rotatable bonds is 6. The second-order valence-electron chi connectivity index (χ2n) is 5.89. The molecular formula is C19H20N4O2S. The molecule has 2 aromatic carbocycles. The van der Waals surface area contributed by atoms with E-state index in [1.807, 2.05) is 55.5 Å². The number of ether oxygens (including phenoxy) is 1. The molecular weight excluding hydrogens is 348 g/mol. The molecule has 0 aliphatic heterocycles. The number of hydrogen-bond donors (Lipinski definition) is 2. The highest BCUT2D eigenvalue weighted by Gasteiger charge is 2.12. The number of para-hydroxylation sites is 1. The first-order valence-corrected chi connectivity index (χ1v) is 8.60. The Morgan fingerprint density at radius 2 is 1.96 bits per heavy atom. The van der Waals surface area contributed by atoms with Crippen LogP contribution in [0.1, 0.15) is 11.1 Å². The number of carbonyl (C=O) groups excluding carboxylic acids is 1. The summed E-state index contributed by atoms with van der Waals surface area (Å²) in [6.07, 6.45) is 0. The molecule has 1 amide bonds. The standard InChI is InChI=1S/C19H20N4O2S/c1-13-7-9-14(10-8-13)18-21-22-19(26)23(18)12-17(24)20-11-15-5-3-4-6-16(15)25-2/h3-10H,11-12H2,1-2H3,(H,20,24)(H,22,26). The molecule has 0 saturated heterocycles. The SMILES string of the molecule is COc1ccccc1CNC(=O)Cn1c(-c2ccc(C)cc2)n[nH]c1=S. The zero-order valence-electron chi connectivity index (χ0n) is 14.7. The maximum absolute atomic E-state index is 12.4. The van der Waals surface area contributed by atoms with E-state index < -0.39 is 0 Å². The number of aromatic amines is 1. The molecule has 0 aliphatic carbocycles. The molecule has 0 atom stereocenters. The van der Waals surface area contributed by atoms with E-state index in [2.05, 4.69) is 15.5 Å². The van der Waals surface area contributed by atoms with Crippen molar-refractivity contribution in [2.75, 3.05) is 7.11 Å². The Balaban J connectivity index is 1.73. The van der Waals surface area contributed by atoms with E-state index >= 15 is 0 Å². The van der Waals surface area contributed by atoms with Crippen molar-refractivity contribution in [1.29, 1.82) is 0 Å². The average molecular weight is 368 g/mol. The number of benzene rings is 2. The lowest BCUT2D eigenvalue weighted by molar-refractivity contribution is -0.121. The van der Waals surface area contributed by atoms with Crippen molar-refractivity contribution < 1.29 is 9.53 Å². The molecule has 0 unspecified atom stereocenters. The second-order valence-corrected chi connectivity index (χ2v) is 6.28. The molecule has 0 radical (unpaired) electrons. The number of methoxy groups -OCH3 is 1. The third kappa shape index (κ3) is 4.00. The van der Waals surface area contributed by atoms with E-state index in [1.54, 1.807) is 11.7 Å². The summed E-state index contributed by atoms with van der Waals surface area (Å²) in [5.41, 5.74) is 2.97. The molecule has 0 spiro atoms. The van der Waals surface area contributed by atoms with Gasteiger partial charge in [-0.3, -0.25) is 14.5 Å². The Morgan fingerprint density at radius 1 is 1.23 bits per heavy atom. The van der Waals surface area contributed by atoms with Crippen molar-refractivity contribution in [3.63, 3.8) is 0 Å². The fourth-order valence-electron chi connectivity index (χ4n) is 2.63. The molecule has 134 valence electrons. The monoisotopic (exact) mass is 368 g/mol. The van der Waals surface area contributed by atoms with Gasteiger partial charge in [0, 0.05) is 17.7 Å². The highest BCUT2D eigenvalue weighted by molar-refractivity contribution is 7.71. The summed E-state index contributed by atoms with van der Waals surface area (Å²) in [7, 11) is 1.61. The quantitative estimate of drug-likeness (QED) is 0.655. The first-order valence-electron chi connectivity index (χ1n) is 8.19. The molecule has 2 N–H and O–H groups in total. The average Bonchev–Trinajstić information content (AvgIpc) is 3.01. The molecule has 3 aromatic rings. The second kappa shape index (κ2) is 7.97. The Bertz CT molecular complexity index is 960. The minimum atomic E-state index is -0.151. The van der Waals surface area contributed by atoms with Crippen LogP contribution in [0.2, 0.25) is 0 Å². The van der Waals surface area contributed by atoms with Crippen LogP contribution in [0.3, 0.4) is 0 Å². The van der Waals surface area contributed by atoms with Crippen LogP contribution >= 0.6 is 12.2 Å². The van der Waals surface area contributed by atoms with E-state index in [4.69, 9.17) is 17.0 Å². The zero-order valence-corrected chi connectivity index (χ0v) is 15.5. The molecule has 1 aromatic heterocycles. The van der Waals surface area contributed by atoms with Gasteiger partial charge in [0.05, 0.1) is 7.11 Å². The van der Waals surface area contributed by atoms with Gasteiger partial charge in [-0.15, -0.1) is 0 Å². The topological polar surface area (TPSA) is 71.9 Å². The van der Waals surface area contributed by atoms with Crippen molar-refractivity contribution in [3.05, 3.63) is 64.4 Å². The van der Waals surface area contributed by atoms with Crippen LogP contribution in [0.15, 0.2) is 48.5 Å². The number of amides is 1. The number of nitrogens with one attached hydrogen (secondary N) is 2. The summed E-state index contributed by atoms with van der Waals surface area (Å²) in [6.45, 7) is 2.49. The summed E-state index contributed by atoms with van der Waals surface area (Å²) >= 11 is 5.28. The lowest BCUT2D eigenvalue weighted by Gasteiger charge is -2.11. The van der Waals surface area contributed by atoms with Crippen LogP contribution in [0, 0.1) is 11.7 Å². The summed E-state index contributed by atoms with van der Waals surface area (Å²) < 4.78 is 7.40. The highest BCUT2D eigenvalue weighted by Crippen LogP contribution is 2.18. The molecule has 7 heteroatoms. The van der Waals surface area contributed by atoms with E-state index in [-0.39, 0.29) is 12.5 Å². The lowest BCUT2D eigenvalue weighted by Crippen LogP contribution is -2.27. The largest absolute Gasteiger partial charge is 0.496 e. The van der Waals surface area contributed by atoms with Gasteiger partial charge in [-0.1, -0.05) is 48.0 Å². The number of carbonyl (C=O) groups is 1. The maximum atomic E-state index is 12.4. The number of hydrogen-bond acceptors (Lipinski definition) is 4. The van der Waals surface area contributed by atoms with Gasteiger partial charge in [0.15, 0.2) is 10.6 Å². The van der Waals surface area contributed by atoms with Crippen LogP contribution in [-0.4, -0.2) is 27.8 Å². The van der Waals surface area contributed by atoms with Crippen molar-refractivity contribution in [2.45, 2.75) is 20.0 Å². The number of aryl methyl sites for hydroxylation is 1. The number of nitrogens with zero attached hydrogens (tertiary/aromatic N) is 2. The fourth-order valence-corrected chi connectivity index (χ4v) is 2.83. The zero-order chi connectivity index (χ0) is 18.5. The third-order valence-corrected chi connectivity index (χ3v) is 4.35. The van der Waals surface area contributed by atoms with Gasteiger partial charge >= 0.3 is 0 Å². The normalized spacial score (nSPS) is 10.5. The maximum Gasteiger partial charge on any atom is 0.240 e. The molecule has 0 fully saturated rings. The van der Waals surface area contributed by atoms with Gasteiger partial charge in [-0.05, 0) is 25.2 Å². The van der Waals surface area contributed by atoms with E-state index in [0.717, 1.165) is 22.4 Å². The molecule has 0 aliphatic rings. The fraction of sp³-hybridized carbons (Fsp3) is 0.211. The number of H-pyrrole nitrogens is 1. The third-order valence-electron chi connectivity index (χ3n) is 4.04. The highest BCUT2D eigenvalue weighted by atomic mass is 32.1. The van der Waals surface area contributed by atoms with Gasteiger partial charge in [-0.25, -0.2) is 0 Å². The Morgan fingerprint density at radius 3 is 2.69 bits per heavy atom. The lowest BCUT2D eigenvalue weighted by atomic mass is 10.1. The Hall–Kier alpha value is -2.93. The van der Waals surface area contributed by atoms with Gasteiger partial charge in [0.25, 0.3) is 0 Å². The predicted molar refractivity (Wildman–Crippen MR) is 102 cm³/mol. The van der Waals surface area contributed by atoms with Gasteiger partial charge < -0.3 is 10.1 Å². The van der Waals surface area contributed by atoms with E-state index in [0.29, 0.717) is 17.1 Å². The van der Waals surface area contributed by atoms with Crippen LogP contribution < -0.4 is 10.1 Å². The molecule has 26 heavy (non-hydrogen) atoms. The first-order chi connectivity index (χ1) is 12.6.